The predicted molar refractivity (Wildman–Crippen MR) is 87.2 cm³/mol. The van der Waals surface area contributed by atoms with E-state index in [1.165, 1.54) is 16.0 Å². The fourth-order valence-corrected chi connectivity index (χ4v) is 3.35. The second-order valence-electron chi connectivity index (χ2n) is 4.95. The van der Waals surface area contributed by atoms with Gasteiger partial charge in [-0.1, -0.05) is 43.7 Å². The summed E-state index contributed by atoms with van der Waals surface area (Å²) in [5.41, 5.74) is 2.66. The van der Waals surface area contributed by atoms with E-state index in [1.54, 1.807) is 0 Å². The molecule has 1 aromatic carbocycles. The van der Waals surface area contributed by atoms with Gasteiger partial charge in [0, 0.05) is 28.6 Å². The summed E-state index contributed by atoms with van der Waals surface area (Å²) in [5.74, 6) is 0. The molecule has 2 nitrogen and oxygen atoms in total. The fraction of sp³-hybridized carbons (Fsp3) is 0.353. The van der Waals surface area contributed by atoms with Crippen molar-refractivity contribution in [1.82, 2.24) is 10.3 Å². The maximum Gasteiger partial charge on any atom is 0.0441 e. The molecule has 2 aromatic rings. The Kier molecular flexibility index (Phi) is 5.62. The molecule has 0 aliphatic heterocycles. The van der Waals surface area contributed by atoms with E-state index in [0.717, 1.165) is 6.54 Å². The average Bonchev–Trinajstić information content (AvgIpc) is 2.47. The molecule has 0 fully saturated rings. The van der Waals surface area contributed by atoms with Crippen LogP contribution in [0.15, 0.2) is 53.7 Å². The van der Waals surface area contributed by atoms with Gasteiger partial charge in [-0.05, 0) is 31.2 Å². The molecule has 2 atom stereocenters. The highest BCUT2D eigenvalue weighted by molar-refractivity contribution is 8.00. The molecule has 106 valence electrons. The molecule has 0 spiro atoms. The number of aryl methyl sites for hydroxylation is 1. The number of thioether (sulfide) groups is 1. The number of nitrogens with zero attached hydrogens (tertiary/aromatic N) is 1. The highest BCUT2D eigenvalue weighted by Crippen LogP contribution is 2.31. The molecule has 2 rings (SSSR count). The molecule has 0 saturated heterocycles. The number of benzene rings is 1. The van der Waals surface area contributed by atoms with E-state index in [4.69, 9.17) is 0 Å². The minimum absolute atomic E-state index is 0.360. The van der Waals surface area contributed by atoms with Crippen LogP contribution in [-0.4, -0.2) is 16.8 Å². The molecular weight excluding hydrogens is 264 g/mol. The van der Waals surface area contributed by atoms with E-state index in [1.807, 2.05) is 24.2 Å². The van der Waals surface area contributed by atoms with E-state index in [0.29, 0.717) is 11.3 Å². The second kappa shape index (κ2) is 7.46. The van der Waals surface area contributed by atoms with Crippen molar-refractivity contribution in [3.8, 4) is 0 Å². The maximum absolute atomic E-state index is 4.07. The second-order valence-corrected chi connectivity index (χ2v) is 6.40. The summed E-state index contributed by atoms with van der Waals surface area (Å²) in [7, 11) is 0. The van der Waals surface area contributed by atoms with Gasteiger partial charge >= 0.3 is 0 Å². The van der Waals surface area contributed by atoms with E-state index in [2.05, 4.69) is 67.5 Å². The Morgan fingerprint density at radius 1 is 1.10 bits per heavy atom. The molecule has 20 heavy (non-hydrogen) atoms. The molecule has 3 heteroatoms. The third-order valence-electron chi connectivity index (χ3n) is 3.30. The van der Waals surface area contributed by atoms with E-state index < -0.39 is 0 Å². The molecule has 0 bridgehead atoms. The zero-order valence-corrected chi connectivity index (χ0v) is 13.2. The Hall–Kier alpha value is -1.32. The molecule has 0 radical (unpaired) electrons. The first kappa shape index (κ1) is 15.1. The molecule has 2 unspecified atom stereocenters. The Balaban J connectivity index is 2.13. The Morgan fingerprint density at radius 2 is 1.75 bits per heavy atom. The van der Waals surface area contributed by atoms with Crippen molar-refractivity contribution in [1.29, 1.82) is 0 Å². The van der Waals surface area contributed by atoms with Crippen LogP contribution in [0.3, 0.4) is 0 Å². The zero-order chi connectivity index (χ0) is 14.4. The lowest BCUT2D eigenvalue weighted by molar-refractivity contribution is 0.548. The van der Waals surface area contributed by atoms with E-state index in [9.17, 15) is 0 Å². The predicted octanol–water partition coefficient (Wildman–Crippen LogP) is 4.22. The normalized spacial score (nSPS) is 13.9. The van der Waals surface area contributed by atoms with Gasteiger partial charge in [-0.15, -0.1) is 11.8 Å². The SMILES string of the molecule is CCNC(c1ccc(C)cc1)C(C)Sc1ccncc1. The molecule has 1 heterocycles. The topological polar surface area (TPSA) is 24.9 Å². The van der Waals surface area contributed by atoms with Gasteiger partial charge in [0.1, 0.15) is 0 Å². The Bertz CT molecular complexity index is 510. The molecule has 0 aliphatic rings. The van der Waals surface area contributed by atoms with Crippen molar-refractivity contribution in [3.05, 3.63) is 59.9 Å². The summed E-state index contributed by atoms with van der Waals surface area (Å²) in [6, 6.07) is 13.3. The van der Waals surface area contributed by atoms with Gasteiger partial charge in [0.25, 0.3) is 0 Å². The number of pyridine rings is 1. The van der Waals surface area contributed by atoms with Crippen LogP contribution in [0.1, 0.15) is 31.0 Å². The van der Waals surface area contributed by atoms with Crippen LogP contribution >= 0.6 is 11.8 Å². The molecule has 0 aliphatic carbocycles. The van der Waals surface area contributed by atoms with Crippen LogP contribution in [0.5, 0.6) is 0 Å². The minimum Gasteiger partial charge on any atom is -0.309 e. The third-order valence-corrected chi connectivity index (χ3v) is 4.49. The van der Waals surface area contributed by atoms with Crippen molar-refractivity contribution in [2.24, 2.45) is 0 Å². The Morgan fingerprint density at radius 3 is 2.35 bits per heavy atom. The van der Waals surface area contributed by atoms with Crippen molar-refractivity contribution >= 4 is 11.8 Å². The molecule has 1 N–H and O–H groups in total. The highest BCUT2D eigenvalue weighted by Gasteiger charge is 2.19. The lowest BCUT2D eigenvalue weighted by Gasteiger charge is -2.25. The summed E-state index contributed by atoms with van der Waals surface area (Å²) in [4.78, 5) is 5.34. The molecule has 1 aromatic heterocycles. The summed E-state index contributed by atoms with van der Waals surface area (Å²) >= 11 is 1.89. The van der Waals surface area contributed by atoms with Gasteiger partial charge in [0.2, 0.25) is 0 Å². The van der Waals surface area contributed by atoms with Crippen molar-refractivity contribution in [3.63, 3.8) is 0 Å². The van der Waals surface area contributed by atoms with Crippen LogP contribution in [0, 0.1) is 6.92 Å². The van der Waals surface area contributed by atoms with Crippen LogP contribution in [-0.2, 0) is 0 Å². The summed E-state index contributed by atoms with van der Waals surface area (Å²) < 4.78 is 0. The van der Waals surface area contributed by atoms with Gasteiger partial charge in [0.15, 0.2) is 0 Å². The molecule has 0 amide bonds. The van der Waals surface area contributed by atoms with Crippen molar-refractivity contribution in [2.45, 2.75) is 37.0 Å². The number of aromatic nitrogens is 1. The molecule has 0 saturated carbocycles. The van der Waals surface area contributed by atoms with Crippen LogP contribution in [0.4, 0.5) is 0 Å². The Labute approximate surface area is 126 Å². The first-order valence-corrected chi connectivity index (χ1v) is 7.95. The number of nitrogens with one attached hydrogen (secondary N) is 1. The monoisotopic (exact) mass is 286 g/mol. The quantitative estimate of drug-likeness (QED) is 0.805. The van der Waals surface area contributed by atoms with Crippen LogP contribution in [0.2, 0.25) is 0 Å². The summed E-state index contributed by atoms with van der Waals surface area (Å²) in [6.45, 7) is 7.53. The average molecular weight is 286 g/mol. The van der Waals surface area contributed by atoms with Gasteiger partial charge < -0.3 is 5.32 Å². The minimum atomic E-state index is 0.360. The van der Waals surface area contributed by atoms with Crippen molar-refractivity contribution < 1.29 is 0 Å². The van der Waals surface area contributed by atoms with Gasteiger partial charge in [-0.2, -0.15) is 0 Å². The third kappa shape index (κ3) is 4.09. The van der Waals surface area contributed by atoms with Crippen molar-refractivity contribution in [2.75, 3.05) is 6.54 Å². The smallest absolute Gasteiger partial charge is 0.0441 e. The first-order chi connectivity index (χ1) is 9.70. The summed E-state index contributed by atoms with van der Waals surface area (Å²) in [5, 5.41) is 4.06. The standard InChI is InChI=1S/C17H22N2S/c1-4-19-17(15-7-5-13(2)6-8-15)14(3)20-16-9-11-18-12-10-16/h5-12,14,17,19H,4H2,1-3H3. The molecular formula is C17H22N2S. The fourth-order valence-electron chi connectivity index (χ4n) is 2.25. The lowest BCUT2D eigenvalue weighted by Crippen LogP contribution is -2.28. The van der Waals surface area contributed by atoms with Gasteiger partial charge in [-0.3, -0.25) is 4.98 Å². The number of hydrogen-bond donors (Lipinski definition) is 1. The zero-order valence-electron chi connectivity index (χ0n) is 12.3. The first-order valence-electron chi connectivity index (χ1n) is 7.07. The summed E-state index contributed by atoms with van der Waals surface area (Å²) in [6.07, 6.45) is 3.70. The van der Waals surface area contributed by atoms with Gasteiger partial charge in [-0.25, -0.2) is 0 Å². The number of hydrogen-bond acceptors (Lipinski definition) is 3. The maximum atomic E-state index is 4.07. The van der Waals surface area contributed by atoms with Crippen LogP contribution in [0.25, 0.3) is 0 Å². The van der Waals surface area contributed by atoms with E-state index >= 15 is 0 Å². The number of rotatable bonds is 6. The van der Waals surface area contributed by atoms with Crippen LogP contribution < -0.4 is 5.32 Å². The lowest BCUT2D eigenvalue weighted by atomic mass is 10.0. The van der Waals surface area contributed by atoms with Gasteiger partial charge in [0.05, 0.1) is 0 Å². The largest absolute Gasteiger partial charge is 0.309 e. The highest BCUT2D eigenvalue weighted by atomic mass is 32.2. The van der Waals surface area contributed by atoms with E-state index in [-0.39, 0.29) is 0 Å².